The van der Waals surface area contributed by atoms with Crippen LogP contribution < -0.4 is 5.32 Å². The minimum Gasteiger partial charge on any atom is -0.381 e. The van der Waals surface area contributed by atoms with E-state index in [0.29, 0.717) is 19.1 Å². The molecule has 1 aromatic heterocycles. The molecule has 1 saturated heterocycles. The smallest absolute Gasteiger partial charge is 0.328 e. The molecule has 7 heteroatoms. The SMILES string of the molecule is N#Cc1ccnc(NCC2CCCOC2)c1[N+](=O)[O-]. The monoisotopic (exact) mass is 262 g/mol. The van der Waals surface area contributed by atoms with E-state index in [0.717, 1.165) is 19.4 Å². The van der Waals surface area contributed by atoms with Crippen LogP contribution in [-0.4, -0.2) is 29.7 Å². The van der Waals surface area contributed by atoms with Gasteiger partial charge in [0.25, 0.3) is 0 Å². The molecule has 1 fully saturated rings. The molecule has 2 rings (SSSR count). The zero-order valence-corrected chi connectivity index (χ0v) is 10.3. The first-order valence-corrected chi connectivity index (χ1v) is 6.07. The van der Waals surface area contributed by atoms with Gasteiger partial charge < -0.3 is 10.1 Å². The lowest BCUT2D eigenvalue weighted by atomic mass is 10.0. The molecule has 0 amide bonds. The average molecular weight is 262 g/mol. The number of ether oxygens (including phenoxy) is 1. The topological polar surface area (TPSA) is 101 Å². The molecular weight excluding hydrogens is 248 g/mol. The Morgan fingerprint density at radius 3 is 3.16 bits per heavy atom. The van der Waals surface area contributed by atoms with Crippen LogP contribution in [0, 0.1) is 27.4 Å². The summed E-state index contributed by atoms with van der Waals surface area (Å²) in [6.45, 7) is 1.99. The normalized spacial score (nSPS) is 18.6. The second-order valence-electron chi connectivity index (χ2n) is 4.39. The molecule has 1 unspecified atom stereocenters. The van der Waals surface area contributed by atoms with Crippen LogP contribution in [0.4, 0.5) is 11.5 Å². The molecule has 0 aromatic carbocycles. The van der Waals surface area contributed by atoms with Gasteiger partial charge in [-0.15, -0.1) is 0 Å². The van der Waals surface area contributed by atoms with Crippen LogP contribution >= 0.6 is 0 Å². The molecule has 0 radical (unpaired) electrons. The first-order valence-electron chi connectivity index (χ1n) is 6.07. The minimum atomic E-state index is -0.578. The Labute approximate surface area is 110 Å². The van der Waals surface area contributed by atoms with Gasteiger partial charge in [-0.2, -0.15) is 5.26 Å². The Hall–Kier alpha value is -2.20. The Bertz CT molecular complexity index is 506. The van der Waals surface area contributed by atoms with E-state index in [1.54, 1.807) is 0 Å². The number of nitro groups is 1. The standard InChI is InChI=1S/C12H14N4O3/c13-6-10-3-4-14-12(11(10)16(17)18)15-7-9-2-1-5-19-8-9/h3-4,9H,1-2,5,7-8H2,(H,14,15). The van der Waals surface area contributed by atoms with Gasteiger partial charge in [0.05, 0.1) is 11.5 Å². The van der Waals surface area contributed by atoms with Crippen molar-refractivity contribution in [3.05, 3.63) is 27.9 Å². The Morgan fingerprint density at radius 2 is 2.53 bits per heavy atom. The van der Waals surface area contributed by atoms with Crippen molar-refractivity contribution in [3.8, 4) is 6.07 Å². The van der Waals surface area contributed by atoms with Crippen LogP contribution in [0.5, 0.6) is 0 Å². The summed E-state index contributed by atoms with van der Waals surface area (Å²) in [5.74, 6) is 0.468. The summed E-state index contributed by atoms with van der Waals surface area (Å²) in [6, 6.07) is 3.15. The quantitative estimate of drug-likeness (QED) is 0.654. The van der Waals surface area contributed by atoms with Gasteiger partial charge >= 0.3 is 5.69 Å². The third-order valence-corrected chi connectivity index (χ3v) is 3.04. The van der Waals surface area contributed by atoms with Crippen LogP contribution in [-0.2, 0) is 4.74 Å². The molecule has 1 N–H and O–H groups in total. The fraction of sp³-hybridized carbons (Fsp3) is 0.500. The number of anilines is 1. The predicted octanol–water partition coefficient (Wildman–Crippen LogP) is 1.70. The van der Waals surface area contributed by atoms with Gasteiger partial charge in [-0.25, -0.2) is 4.98 Å². The number of nitrogens with zero attached hydrogens (tertiary/aromatic N) is 3. The Balaban J connectivity index is 2.11. The van der Waals surface area contributed by atoms with Crippen molar-refractivity contribution < 1.29 is 9.66 Å². The van der Waals surface area contributed by atoms with Crippen LogP contribution in [0.25, 0.3) is 0 Å². The van der Waals surface area contributed by atoms with Crippen molar-refractivity contribution in [1.82, 2.24) is 4.98 Å². The number of hydrogen-bond acceptors (Lipinski definition) is 6. The third-order valence-electron chi connectivity index (χ3n) is 3.04. The van der Waals surface area contributed by atoms with Crippen molar-refractivity contribution in [1.29, 1.82) is 5.26 Å². The summed E-state index contributed by atoms with van der Waals surface area (Å²) in [7, 11) is 0. The highest BCUT2D eigenvalue weighted by Gasteiger charge is 2.22. The second kappa shape index (κ2) is 6.11. The van der Waals surface area contributed by atoms with Crippen molar-refractivity contribution in [2.24, 2.45) is 5.92 Å². The van der Waals surface area contributed by atoms with Crippen LogP contribution in [0.3, 0.4) is 0 Å². The van der Waals surface area contributed by atoms with Gasteiger partial charge in [-0.3, -0.25) is 10.1 Å². The van der Waals surface area contributed by atoms with Gasteiger partial charge in [0.1, 0.15) is 11.6 Å². The molecule has 7 nitrogen and oxygen atoms in total. The molecule has 0 saturated carbocycles. The summed E-state index contributed by atoms with van der Waals surface area (Å²) in [6.07, 6.45) is 3.42. The number of pyridine rings is 1. The van der Waals surface area contributed by atoms with E-state index in [9.17, 15) is 10.1 Å². The molecule has 19 heavy (non-hydrogen) atoms. The van der Waals surface area contributed by atoms with E-state index in [-0.39, 0.29) is 17.1 Å². The maximum Gasteiger partial charge on any atom is 0.328 e. The van der Waals surface area contributed by atoms with E-state index in [1.165, 1.54) is 12.3 Å². The first-order chi connectivity index (χ1) is 9.22. The summed E-state index contributed by atoms with van der Waals surface area (Å²) < 4.78 is 5.35. The fourth-order valence-electron chi connectivity index (χ4n) is 2.07. The second-order valence-corrected chi connectivity index (χ2v) is 4.39. The summed E-state index contributed by atoms with van der Waals surface area (Å²) in [5.41, 5.74) is -0.246. The van der Waals surface area contributed by atoms with E-state index in [2.05, 4.69) is 10.3 Å². The Morgan fingerprint density at radius 1 is 1.68 bits per heavy atom. The predicted molar refractivity (Wildman–Crippen MR) is 67.6 cm³/mol. The number of aromatic nitrogens is 1. The average Bonchev–Trinajstić information content (AvgIpc) is 2.45. The van der Waals surface area contributed by atoms with E-state index in [4.69, 9.17) is 10.00 Å². The number of nitrogens with one attached hydrogen (secondary N) is 1. The van der Waals surface area contributed by atoms with Crippen molar-refractivity contribution >= 4 is 11.5 Å². The molecule has 2 heterocycles. The minimum absolute atomic E-state index is 0.0161. The maximum atomic E-state index is 11.0. The summed E-state index contributed by atoms with van der Waals surface area (Å²) in [4.78, 5) is 14.4. The highest BCUT2D eigenvalue weighted by Crippen LogP contribution is 2.26. The molecular formula is C12H14N4O3. The van der Waals surface area contributed by atoms with Gasteiger partial charge in [-0.05, 0) is 24.8 Å². The molecule has 1 aliphatic heterocycles. The third kappa shape index (κ3) is 3.17. The van der Waals surface area contributed by atoms with Gasteiger partial charge in [0.15, 0.2) is 0 Å². The summed E-state index contributed by atoms with van der Waals surface area (Å²) >= 11 is 0. The van der Waals surface area contributed by atoms with Crippen LogP contribution in [0.2, 0.25) is 0 Å². The number of hydrogen-bond donors (Lipinski definition) is 1. The molecule has 0 spiro atoms. The zero-order valence-electron chi connectivity index (χ0n) is 10.3. The van der Waals surface area contributed by atoms with Crippen LogP contribution in [0.15, 0.2) is 12.3 Å². The van der Waals surface area contributed by atoms with Crippen molar-refractivity contribution in [2.45, 2.75) is 12.8 Å². The van der Waals surface area contributed by atoms with E-state index in [1.807, 2.05) is 6.07 Å². The number of nitriles is 1. The zero-order chi connectivity index (χ0) is 13.7. The van der Waals surface area contributed by atoms with Crippen molar-refractivity contribution in [3.63, 3.8) is 0 Å². The Kier molecular flexibility index (Phi) is 4.26. The van der Waals surface area contributed by atoms with E-state index >= 15 is 0 Å². The molecule has 0 aliphatic carbocycles. The van der Waals surface area contributed by atoms with Crippen LogP contribution in [0.1, 0.15) is 18.4 Å². The highest BCUT2D eigenvalue weighted by atomic mass is 16.6. The molecule has 1 aromatic rings. The van der Waals surface area contributed by atoms with Gasteiger partial charge in [0.2, 0.25) is 5.82 Å². The number of rotatable bonds is 4. The lowest BCUT2D eigenvalue weighted by molar-refractivity contribution is -0.384. The van der Waals surface area contributed by atoms with E-state index < -0.39 is 4.92 Å². The fourth-order valence-corrected chi connectivity index (χ4v) is 2.07. The maximum absolute atomic E-state index is 11.0. The van der Waals surface area contributed by atoms with Crippen molar-refractivity contribution in [2.75, 3.05) is 25.1 Å². The molecule has 1 atom stereocenters. The molecule has 100 valence electrons. The summed E-state index contributed by atoms with van der Waals surface area (Å²) in [5, 5.41) is 22.8. The molecule has 1 aliphatic rings. The molecule has 0 bridgehead atoms. The van der Waals surface area contributed by atoms with Gasteiger partial charge in [-0.1, -0.05) is 0 Å². The lowest BCUT2D eigenvalue weighted by Crippen LogP contribution is -2.24. The first kappa shape index (κ1) is 13.2. The lowest BCUT2D eigenvalue weighted by Gasteiger charge is -2.22. The largest absolute Gasteiger partial charge is 0.381 e. The highest BCUT2D eigenvalue weighted by molar-refractivity contribution is 5.64. The van der Waals surface area contributed by atoms with Gasteiger partial charge in [0, 0.05) is 19.3 Å².